The number of methoxy groups -OCH3 is 1. The summed E-state index contributed by atoms with van der Waals surface area (Å²) in [7, 11) is -1.23. The Balaban J connectivity index is 3.78. The van der Waals surface area contributed by atoms with E-state index in [4.69, 9.17) is 10.5 Å². The first-order valence-corrected chi connectivity index (χ1v) is 6.92. The Morgan fingerprint density at radius 3 is 2.36 bits per heavy atom. The smallest absolute Gasteiger partial charge is 0.147 e. The fraction of sp³-hybridized carbons (Fsp3) is 1.00. The van der Waals surface area contributed by atoms with E-state index < -0.39 is 9.84 Å². The third kappa shape index (κ3) is 6.34. The monoisotopic (exact) mass is 223 g/mol. The fourth-order valence-electron chi connectivity index (χ4n) is 1.41. The Morgan fingerprint density at radius 1 is 1.43 bits per heavy atom. The molecule has 0 amide bonds. The molecule has 2 N–H and O–H groups in total. The summed E-state index contributed by atoms with van der Waals surface area (Å²) in [5.74, 6) is 0.209. The van der Waals surface area contributed by atoms with Gasteiger partial charge < -0.3 is 10.5 Å². The van der Waals surface area contributed by atoms with Gasteiger partial charge >= 0.3 is 0 Å². The maximum absolute atomic E-state index is 10.8. The second-order valence-electron chi connectivity index (χ2n) is 3.62. The molecule has 0 aliphatic rings. The predicted octanol–water partition coefficient (Wildman–Crippen LogP) is 0.563. The van der Waals surface area contributed by atoms with Gasteiger partial charge in [0.2, 0.25) is 0 Å². The maximum Gasteiger partial charge on any atom is 0.147 e. The van der Waals surface area contributed by atoms with E-state index in [1.807, 2.05) is 6.92 Å². The van der Waals surface area contributed by atoms with Gasteiger partial charge in [0.05, 0.1) is 6.10 Å². The van der Waals surface area contributed by atoms with Gasteiger partial charge in [0, 0.05) is 25.2 Å². The average molecular weight is 223 g/mol. The molecule has 0 saturated carbocycles. The van der Waals surface area contributed by atoms with Gasteiger partial charge in [-0.25, -0.2) is 8.42 Å². The van der Waals surface area contributed by atoms with E-state index in [0.717, 1.165) is 6.42 Å². The molecule has 0 fully saturated rings. The van der Waals surface area contributed by atoms with E-state index in [1.165, 1.54) is 6.26 Å². The minimum atomic E-state index is -2.86. The van der Waals surface area contributed by atoms with Crippen LogP contribution in [0.5, 0.6) is 0 Å². The summed E-state index contributed by atoms with van der Waals surface area (Å²) in [4.78, 5) is 0. The molecule has 0 aromatic carbocycles. The van der Waals surface area contributed by atoms with Gasteiger partial charge in [-0.1, -0.05) is 6.92 Å². The van der Waals surface area contributed by atoms with E-state index >= 15 is 0 Å². The minimum absolute atomic E-state index is 0.0366. The average Bonchev–Trinajstić information content (AvgIpc) is 2.04. The van der Waals surface area contributed by atoms with Crippen LogP contribution in [0.15, 0.2) is 0 Å². The Labute approximate surface area is 86.7 Å². The van der Waals surface area contributed by atoms with Crippen molar-refractivity contribution in [2.45, 2.75) is 38.3 Å². The van der Waals surface area contributed by atoms with Crippen LogP contribution in [0.1, 0.15) is 26.2 Å². The highest BCUT2D eigenvalue weighted by atomic mass is 32.2. The van der Waals surface area contributed by atoms with E-state index in [2.05, 4.69) is 0 Å². The number of sulfone groups is 1. The van der Waals surface area contributed by atoms with Crippen molar-refractivity contribution in [1.82, 2.24) is 0 Å². The third-order valence-electron chi connectivity index (χ3n) is 2.24. The van der Waals surface area contributed by atoms with Crippen molar-refractivity contribution in [3.8, 4) is 0 Å². The zero-order valence-corrected chi connectivity index (χ0v) is 10.0. The first kappa shape index (κ1) is 13.9. The Morgan fingerprint density at radius 2 is 2.00 bits per heavy atom. The summed E-state index contributed by atoms with van der Waals surface area (Å²) in [6.07, 6.45) is 3.44. The van der Waals surface area contributed by atoms with Gasteiger partial charge in [-0.15, -0.1) is 0 Å². The number of nitrogens with two attached hydrogens (primary N) is 1. The third-order valence-corrected chi connectivity index (χ3v) is 3.27. The highest BCUT2D eigenvalue weighted by Gasteiger charge is 2.15. The molecule has 0 aliphatic carbocycles. The second kappa shape index (κ2) is 6.37. The first-order chi connectivity index (χ1) is 6.40. The molecule has 2 unspecified atom stereocenters. The number of hydrogen-bond donors (Lipinski definition) is 1. The van der Waals surface area contributed by atoms with Gasteiger partial charge in [-0.05, 0) is 19.3 Å². The Bertz CT molecular complexity index is 234. The molecule has 2 atom stereocenters. The lowest BCUT2D eigenvalue weighted by atomic mass is 10.1. The maximum atomic E-state index is 10.8. The highest BCUT2D eigenvalue weighted by molar-refractivity contribution is 7.90. The highest BCUT2D eigenvalue weighted by Crippen LogP contribution is 2.07. The van der Waals surface area contributed by atoms with Crippen LogP contribution in [0.3, 0.4) is 0 Å². The van der Waals surface area contributed by atoms with Crippen molar-refractivity contribution in [3.63, 3.8) is 0 Å². The van der Waals surface area contributed by atoms with Gasteiger partial charge in [0.15, 0.2) is 0 Å². The van der Waals surface area contributed by atoms with Crippen LogP contribution in [-0.2, 0) is 14.6 Å². The summed E-state index contributed by atoms with van der Waals surface area (Å²) in [6, 6.07) is -0.0632. The summed E-state index contributed by atoms with van der Waals surface area (Å²) in [5, 5.41) is 0. The molecule has 86 valence electrons. The summed E-state index contributed by atoms with van der Waals surface area (Å²) >= 11 is 0. The van der Waals surface area contributed by atoms with Crippen LogP contribution < -0.4 is 5.73 Å². The van der Waals surface area contributed by atoms with Crippen LogP contribution in [0.2, 0.25) is 0 Å². The molecule has 14 heavy (non-hydrogen) atoms. The van der Waals surface area contributed by atoms with E-state index in [0.29, 0.717) is 12.8 Å². The van der Waals surface area contributed by atoms with Gasteiger partial charge in [0.25, 0.3) is 0 Å². The number of rotatable bonds is 7. The van der Waals surface area contributed by atoms with Crippen LogP contribution in [0, 0.1) is 0 Å². The molecule has 0 spiro atoms. The molecular formula is C9H21NO3S. The van der Waals surface area contributed by atoms with Crippen LogP contribution >= 0.6 is 0 Å². The van der Waals surface area contributed by atoms with Crippen molar-refractivity contribution in [3.05, 3.63) is 0 Å². The van der Waals surface area contributed by atoms with Gasteiger partial charge in [-0.2, -0.15) is 0 Å². The fourth-order valence-corrected chi connectivity index (χ4v) is 2.10. The predicted molar refractivity (Wildman–Crippen MR) is 58.0 cm³/mol. The molecule has 0 radical (unpaired) electrons. The molecule has 0 aromatic rings. The molecule has 0 heterocycles. The molecule has 5 heteroatoms. The van der Waals surface area contributed by atoms with Gasteiger partial charge in [0.1, 0.15) is 9.84 Å². The molecule has 0 aromatic heterocycles. The van der Waals surface area contributed by atoms with E-state index in [1.54, 1.807) is 7.11 Å². The van der Waals surface area contributed by atoms with Crippen molar-refractivity contribution in [2.24, 2.45) is 5.73 Å². The summed E-state index contributed by atoms with van der Waals surface area (Å²) < 4.78 is 26.9. The molecule has 0 rings (SSSR count). The Kier molecular flexibility index (Phi) is 6.31. The zero-order valence-electron chi connectivity index (χ0n) is 9.19. The summed E-state index contributed by atoms with van der Waals surface area (Å²) in [6.45, 7) is 2.00. The first-order valence-electron chi connectivity index (χ1n) is 4.86. The standard InChI is InChI=1S/C9H21NO3S/c1-4-9(13-2)8(10)6-5-7-14(3,11)12/h8-9H,4-7,10H2,1-3H3. The van der Waals surface area contributed by atoms with Crippen LogP contribution in [0.4, 0.5) is 0 Å². The molecule has 0 bridgehead atoms. The molecule has 0 saturated heterocycles. The zero-order chi connectivity index (χ0) is 11.2. The van der Waals surface area contributed by atoms with Gasteiger partial charge in [-0.3, -0.25) is 0 Å². The molecular weight excluding hydrogens is 202 g/mol. The normalized spacial score (nSPS) is 16.6. The second-order valence-corrected chi connectivity index (χ2v) is 5.88. The van der Waals surface area contributed by atoms with Crippen molar-refractivity contribution >= 4 is 9.84 Å². The molecule has 0 aliphatic heterocycles. The van der Waals surface area contributed by atoms with Crippen LogP contribution in [0.25, 0.3) is 0 Å². The lowest BCUT2D eigenvalue weighted by molar-refractivity contribution is 0.0746. The van der Waals surface area contributed by atoms with Crippen LogP contribution in [-0.4, -0.2) is 39.7 Å². The lowest BCUT2D eigenvalue weighted by Crippen LogP contribution is -2.35. The quantitative estimate of drug-likeness (QED) is 0.685. The topological polar surface area (TPSA) is 69.4 Å². The number of hydrogen-bond acceptors (Lipinski definition) is 4. The van der Waals surface area contributed by atoms with E-state index in [-0.39, 0.29) is 17.9 Å². The Hall–Kier alpha value is -0.130. The largest absolute Gasteiger partial charge is 0.380 e. The summed E-state index contributed by atoms with van der Waals surface area (Å²) in [5.41, 5.74) is 5.85. The van der Waals surface area contributed by atoms with Crippen molar-refractivity contribution in [1.29, 1.82) is 0 Å². The molecule has 4 nitrogen and oxygen atoms in total. The van der Waals surface area contributed by atoms with Crippen molar-refractivity contribution < 1.29 is 13.2 Å². The van der Waals surface area contributed by atoms with Crippen molar-refractivity contribution in [2.75, 3.05) is 19.1 Å². The van der Waals surface area contributed by atoms with E-state index in [9.17, 15) is 8.42 Å². The minimum Gasteiger partial charge on any atom is -0.380 e. The SMILES string of the molecule is CCC(OC)C(N)CCCS(C)(=O)=O. The number of ether oxygens (including phenoxy) is 1. The lowest BCUT2D eigenvalue weighted by Gasteiger charge is -2.20.